The molecule has 0 bridgehead atoms. The van der Waals surface area contributed by atoms with Gasteiger partial charge in [0.05, 0.1) is 0 Å². The zero-order valence-electron chi connectivity index (χ0n) is 15.0. The van der Waals surface area contributed by atoms with Crippen LogP contribution in [0.3, 0.4) is 0 Å². The first-order chi connectivity index (χ1) is 11.8. The van der Waals surface area contributed by atoms with Gasteiger partial charge in [0.15, 0.2) is 5.96 Å². The Morgan fingerprint density at radius 1 is 1.17 bits per heavy atom. The fraction of sp³-hybridized carbons (Fsp3) is 0.632. The van der Waals surface area contributed by atoms with E-state index in [0.717, 1.165) is 63.6 Å². The standard InChI is InChI=1S/C19H31N3O2/c1-20-19(21-13-7-4-8-16-23-2)22-14-11-18(12-15-22)24-17-9-5-3-6-10-17/h3,5-6,9-10,18H,4,7-8,11-16H2,1-2H3,(H,20,21). The van der Waals surface area contributed by atoms with Crippen LogP contribution in [-0.4, -0.2) is 57.4 Å². The third kappa shape index (κ3) is 6.40. The van der Waals surface area contributed by atoms with E-state index in [2.05, 4.69) is 15.2 Å². The highest BCUT2D eigenvalue weighted by atomic mass is 16.5. The van der Waals surface area contributed by atoms with Gasteiger partial charge in [0.25, 0.3) is 0 Å². The first-order valence-corrected chi connectivity index (χ1v) is 8.99. The summed E-state index contributed by atoms with van der Waals surface area (Å²) in [6, 6.07) is 10.1. The molecule has 0 aliphatic carbocycles. The number of guanidine groups is 1. The average molecular weight is 333 g/mol. The molecule has 24 heavy (non-hydrogen) atoms. The quantitative estimate of drug-likeness (QED) is 0.451. The molecule has 1 heterocycles. The van der Waals surface area contributed by atoms with E-state index in [9.17, 15) is 0 Å². The highest BCUT2D eigenvalue weighted by molar-refractivity contribution is 5.79. The van der Waals surface area contributed by atoms with Crippen molar-refractivity contribution in [2.45, 2.75) is 38.2 Å². The van der Waals surface area contributed by atoms with Crippen molar-refractivity contribution < 1.29 is 9.47 Å². The van der Waals surface area contributed by atoms with Gasteiger partial charge in [0.2, 0.25) is 0 Å². The van der Waals surface area contributed by atoms with Gasteiger partial charge in [-0.1, -0.05) is 18.2 Å². The Morgan fingerprint density at radius 3 is 2.58 bits per heavy atom. The fourth-order valence-corrected chi connectivity index (χ4v) is 2.96. The van der Waals surface area contributed by atoms with E-state index in [1.807, 2.05) is 37.4 Å². The van der Waals surface area contributed by atoms with E-state index in [-0.39, 0.29) is 0 Å². The van der Waals surface area contributed by atoms with Crippen molar-refractivity contribution in [3.63, 3.8) is 0 Å². The lowest BCUT2D eigenvalue weighted by molar-refractivity contribution is 0.129. The van der Waals surface area contributed by atoms with Crippen molar-refractivity contribution >= 4 is 5.96 Å². The van der Waals surface area contributed by atoms with Crippen molar-refractivity contribution in [3.8, 4) is 5.75 Å². The third-order valence-corrected chi connectivity index (χ3v) is 4.31. The molecule has 0 saturated carbocycles. The fourth-order valence-electron chi connectivity index (χ4n) is 2.96. The number of likely N-dealkylation sites (tertiary alicyclic amines) is 1. The normalized spacial score (nSPS) is 16.2. The van der Waals surface area contributed by atoms with Gasteiger partial charge in [-0.05, 0) is 31.4 Å². The summed E-state index contributed by atoms with van der Waals surface area (Å²) in [5.74, 6) is 1.98. The van der Waals surface area contributed by atoms with E-state index >= 15 is 0 Å². The van der Waals surface area contributed by atoms with Crippen LogP contribution in [0, 0.1) is 0 Å². The molecule has 134 valence electrons. The number of hydrogen-bond acceptors (Lipinski definition) is 3. The lowest BCUT2D eigenvalue weighted by Gasteiger charge is -2.34. The van der Waals surface area contributed by atoms with Crippen molar-refractivity contribution in [1.29, 1.82) is 0 Å². The maximum Gasteiger partial charge on any atom is 0.193 e. The zero-order chi connectivity index (χ0) is 17.0. The molecular weight excluding hydrogens is 302 g/mol. The van der Waals surface area contributed by atoms with Crippen LogP contribution < -0.4 is 10.1 Å². The van der Waals surface area contributed by atoms with Crippen molar-refractivity contribution in [1.82, 2.24) is 10.2 Å². The Morgan fingerprint density at radius 2 is 1.92 bits per heavy atom. The van der Waals surface area contributed by atoms with E-state index in [1.54, 1.807) is 7.11 Å². The van der Waals surface area contributed by atoms with Crippen LogP contribution in [-0.2, 0) is 4.74 Å². The molecule has 0 unspecified atom stereocenters. The number of methoxy groups -OCH3 is 1. The molecule has 5 nitrogen and oxygen atoms in total. The van der Waals surface area contributed by atoms with Crippen LogP contribution in [0.2, 0.25) is 0 Å². The summed E-state index contributed by atoms with van der Waals surface area (Å²) in [6.07, 6.45) is 5.82. The van der Waals surface area contributed by atoms with E-state index in [1.165, 1.54) is 6.42 Å². The van der Waals surface area contributed by atoms with Crippen LogP contribution in [0.25, 0.3) is 0 Å². The number of hydrogen-bond donors (Lipinski definition) is 1. The molecule has 0 spiro atoms. The first kappa shape index (κ1) is 18.6. The van der Waals surface area contributed by atoms with Gasteiger partial charge in [-0.15, -0.1) is 0 Å². The molecule has 0 radical (unpaired) electrons. The average Bonchev–Trinajstić information content (AvgIpc) is 2.63. The zero-order valence-corrected chi connectivity index (χ0v) is 15.0. The Hall–Kier alpha value is -1.75. The van der Waals surface area contributed by atoms with Crippen LogP contribution in [0.1, 0.15) is 32.1 Å². The Labute approximate surface area is 146 Å². The van der Waals surface area contributed by atoms with Crippen LogP contribution >= 0.6 is 0 Å². The topological polar surface area (TPSA) is 46.1 Å². The summed E-state index contributed by atoms with van der Waals surface area (Å²) < 4.78 is 11.1. The molecule has 1 fully saturated rings. The molecule has 1 aliphatic rings. The van der Waals surface area contributed by atoms with Gasteiger partial charge in [-0.3, -0.25) is 4.99 Å². The number of rotatable bonds is 8. The number of ether oxygens (including phenoxy) is 2. The highest BCUT2D eigenvalue weighted by Crippen LogP contribution is 2.18. The molecule has 1 aliphatic heterocycles. The first-order valence-electron chi connectivity index (χ1n) is 8.99. The molecule has 1 saturated heterocycles. The second-order valence-electron chi connectivity index (χ2n) is 6.14. The summed E-state index contributed by atoms with van der Waals surface area (Å²) in [6.45, 7) is 3.79. The SMILES string of the molecule is CN=C(NCCCCCOC)N1CCC(Oc2ccccc2)CC1. The van der Waals surface area contributed by atoms with Gasteiger partial charge < -0.3 is 19.7 Å². The molecule has 0 aromatic heterocycles. The summed E-state index contributed by atoms with van der Waals surface area (Å²) in [4.78, 5) is 6.75. The molecule has 1 aromatic carbocycles. The van der Waals surface area contributed by atoms with Gasteiger partial charge in [-0.25, -0.2) is 0 Å². The summed E-state index contributed by atoms with van der Waals surface area (Å²) >= 11 is 0. The number of benzene rings is 1. The molecule has 5 heteroatoms. The number of aliphatic imine (C=N–C) groups is 1. The third-order valence-electron chi connectivity index (χ3n) is 4.31. The monoisotopic (exact) mass is 333 g/mol. The number of nitrogens with zero attached hydrogens (tertiary/aromatic N) is 2. The molecule has 0 amide bonds. The van der Waals surface area contributed by atoms with Crippen LogP contribution in [0.4, 0.5) is 0 Å². The van der Waals surface area contributed by atoms with E-state index in [4.69, 9.17) is 9.47 Å². The van der Waals surface area contributed by atoms with Gasteiger partial charge in [-0.2, -0.15) is 0 Å². The summed E-state index contributed by atoms with van der Waals surface area (Å²) in [7, 11) is 3.62. The van der Waals surface area contributed by atoms with Crippen molar-refractivity contribution in [3.05, 3.63) is 30.3 Å². The summed E-state index contributed by atoms with van der Waals surface area (Å²) in [5, 5.41) is 3.47. The number of piperidine rings is 1. The van der Waals surface area contributed by atoms with Crippen LogP contribution in [0.15, 0.2) is 35.3 Å². The Bertz CT molecular complexity index is 471. The predicted octanol–water partition coefficient (Wildman–Crippen LogP) is 2.92. The van der Waals surface area contributed by atoms with E-state index < -0.39 is 0 Å². The van der Waals surface area contributed by atoms with Gasteiger partial charge in [0, 0.05) is 53.2 Å². The van der Waals surface area contributed by atoms with Crippen molar-refractivity contribution in [2.75, 3.05) is 40.4 Å². The Kier molecular flexibility index (Phi) is 8.46. The lowest BCUT2D eigenvalue weighted by Crippen LogP contribution is -2.47. The van der Waals surface area contributed by atoms with E-state index in [0.29, 0.717) is 6.10 Å². The minimum absolute atomic E-state index is 0.302. The molecule has 1 N–H and O–H groups in total. The van der Waals surface area contributed by atoms with Crippen LogP contribution in [0.5, 0.6) is 5.75 Å². The number of nitrogens with one attached hydrogen (secondary N) is 1. The largest absolute Gasteiger partial charge is 0.490 e. The number of unbranched alkanes of at least 4 members (excludes halogenated alkanes) is 2. The highest BCUT2D eigenvalue weighted by Gasteiger charge is 2.22. The van der Waals surface area contributed by atoms with Gasteiger partial charge >= 0.3 is 0 Å². The Balaban J connectivity index is 1.66. The minimum atomic E-state index is 0.302. The maximum absolute atomic E-state index is 6.05. The van der Waals surface area contributed by atoms with Crippen molar-refractivity contribution in [2.24, 2.45) is 4.99 Å². The minimum Gasteiger partial charge on any atom is -0.490 e. The predicted molar refractivity (Wildman–Crippen MR) is 98.8 cm³/mol. The molecule has 0 atom stereocenters. The second kappa shape index (κ2) is 10.9. The smallest absolute Gasteiger partial charge is 0.193 e. The number of para-hydroxylation sites is 1. The molecule has 1 aromatic rings. The summed E-state index contributed by atoms with van der Waals surface area (Å²) in [5.41, 5.74) is 0. The lowest BCUT2D eigenvalue weighted by atomic mass is 10.1. The molecule has 2 rings (SSSR count). The maximum atomic E-state index is 6.05. The van der Waals surface area contributed by atoms with Gasteiger partial charge in [0.1, 0.15) is 11.9 Å². The second-order valence-corrected chi connectivity index (χ2v) is 6.14. The molecular formula is C19H31N3O2.